The molecule has 0 heterocycles. The molecule has 0 spiro atoms. The van der Waals surface area contributed by atoms with Gasteiger partial charge in [-0.25, -0.2) is 0 Å². The van der Waals surface area contributed by atoms with Crippen molar-refractivity contribution in [3.05, 3.63) is 0 Å². The SMILES string of the molecule is CCC[C@H]1[C@@H]2CCC(=O)[C@H]12. The van der Waals surface area contributed by atoms with Crippen LogP contribution in [-0.2, 0) is 4.79 Å². The van der Waals surface area contributed by atoms with Gasteiger partial charge in [-0.05, 0) is 24.7 Å². The van der Waals surface area contributed by atoms with Crippen molar-refractivity contribution >= 4 is 5.78 Å². The number of hydrogen-bond acceptors (Lipinski definition) is 1. The number of Topliss-reactive ketones (excluding diaryl/α,β-unsaturated/α-hetero) is 1. The van der Waals surface area contributed by atoms with Crippen molar-refractivity contribution in [2.45, 2.75) is 32.6 Å². The molecule has 0 aromatic carbocycles. The van der Waals surface area contributed by atoms with Gasteiger partial charge in [0, 0.05) is 12.3 Å². The van der Waals surface area contributed by atoms with Gasteiger partial charge in [0.25, 0.3) is 0 Å². The molecule has 3 atom stereocenters. The summed E-state index contributed by atoms with van der Waals surface area (Å²) in [5, 5.41) is 0. The molecule has 1 heteroatoms. The zero-order chi connectivity index (χ0) is 7.14. The van der Waals surface area contributed by atoms with Crippen LogP contribution in [0.25, 0.3) is 0 Å². The Morgan fingerprint density at radius 1 is 1.60 bits per heavy atom. The summed E-state index contributed by atoms with van der Waals surface area (Å²) in [6.07, 6.45) is 4.63. The van der Waals surface area contributed by atoms with E-state index in [9.17, 15) is 4.79 Å². The highest BCUT2D eigenvalue weighted by Crippen LogP contribution is 2.57. The monoisotopic (exact) mass is 138 g/mol. The van der Waals surface area contributed by atoms with E-state index in [1.54, 1.807) is 0 Å². The summed E-state index contributed by atoms with van der Waals surface area (Å²) >= 11 is 0. The molecule has 0 radical (unpaired) electrons. The van der Waals surface area contributed by atoms with E-state index in [1.807, 2.05) is 0 Å². The van der Waals surface area contributed by atoms with E-state index in [-0.39, 0.29) is 0 Å². The van der Waals surface area contributed by atoms with Gasteiger partial charge in [0.15, 0.2) is 0 Å². The number of rotatable bonds is 2. The highest BCUT2D eigenvalue weighted by atomic mass is 16.1. The van der Waals surface area contributed by atoms with Gasteiger partial charge in [0.1, 0.15) is 5.78 Å². The van der Waals surface area contributed by atoms with Crippen LogP contribution in [0.4, 0.5) is 0 Å². The molecule has 1 nitrogen and oxygen atoms in total. The molecule has 2 aliphatic rings. The fourth-order valence-electron chi connectivity index (χ4n) is 2.52. The van der Waals surface area contributed by atoms with Gasteiger partial charge in [-0.2, -0.15) is 0 Å². The van der Waals surface area contributed by atoms with Crippen molar-refractivity contribution in [1.82, 2.24) is 0 Å². The first-order valence-corrected chi connectivity index (χ1v) is 4.37. The Kier molecular flexibility index (Phi) is 1.33. The normalized spacial score (nSPS) is 43.7. The summed E-state index contributed by atoms with van der Waals surface area (Å²) < 4.78 is 0. The number of carbonyl (C=O) groups excluding carboxylic acids is 1. The summed E-state index contributed by atoms with van der Waals surface area (Å²) in [5.41, 5.74) is 0. The molecule has 2 saturated carbocycles. The van der Waals surface area contributed by atoms with Crippen molar-refractivity contribution in [2.24, 2.45) is 17.8 Å². The smallest absolute Gasteiger partial charge is 0.136 e. The van der Waals surface area contributed by atoms with E-state index in [0.29, 0.717) is 11.7 Å². The van der Waals surface area contributed by atoms with Gasteiger partial charge >= 0.3 is 0 Å². The zero-order valence-electron chi connectivity index (χ0n) is 6.47. The maximum absolute atomic E-state index is 11.1. The third-order valence-corrected chi connectivity index (χ3v) is 3.05. The molecular formula is C9H14O. The van der Waals surface area contributed by atoms with E-state index in [0.717, 1.165) is 18.3 Å². The maximum Gasteiger partial charge on any atom is 0.136 e. The molecule has 0 aromatic heterocycles. The molecule has 2 fully saturated rings. The Hall–Kier alpha value is -0.330. The third kappa shape index (κ3) is 0.727. The lowest BCUT2D eigenvalue weighted by Gasteiger charge is -1.97. The first-order valence-electron chi connectivity index (χ1n) is 4.37. The molecule has 10 heavy (non-hydrogen) atoms. The summed E-state index contributed by atoms with van der Waals surface area (Å²) in [4.78, 5) is 11.1. The lowest BCUT2D eigenvalue weighted by molar-refractivity contribution is -0.119. The topological polar surface area (TPSA) is 17.1 Å². The average molecular weight is 138 g/mol. The molecule has 56 valence electrons. The maximum atomic E-state index is 11.1. The molecule has 0 amide bonds. The van der Waals surface area contributed by atoms with Gasteiger partial charge in [0.05, 0.1) is 0 Å². The van der Waals surface area contributed by atoms with Crippen molar-refractivity contribution in [3.8, 4) is 0 Å². The number of hydrogen-bond donors (Lipinski definition) is 0. The molecule has 0 unspecified atom stereocenters. The van der Waals surface area contributed by atoms with Crippen LogP contribution in [0.5, 0.6) is 0 Å². The highest BCUT2D eigenvalue weighted by Gasteiger charge is 2.56. The predicted octanol–water partition coefficient (Wildman–Crippen LogP) is 2.01. The summed E-state index contributed by atoms with van der Waals surface area (Å²) in [6.45, 7) is 2.21. The Balaban J connectivity index is 1.92. The Labute approximate surface area is 61.8 Å². The lowest BCUT2D eigenvalue weighted by atomic mass is 10.1. The molecule has 0 aliphatic heterocycles. The first kappa shape index (κ1) is 6.38. The molecule has 0 bridgehead atoms. The van der Waals surface area contributed by atoms with E-state index in [4.69, 9.17) is 0 Å². The molecule has 0 saturated heterocycles. The number of fused-ring (bicyclic) bond motifs is 1. The van der Waals surface area contributed by atoms with Gasteiger partial charge < -0.3 is 0 Å². The van der Waals surface area contributed by atoms with Crippen LogP contribution >= 0.6 is 0 Å². The second-order valence-electron chi connectivity index (χ2n) is 3.65. The van der Waals surface area contributed by atoms with Crippen molar-refractivity contribution in [3.63, 3.8) is 0 Å². The van der Waals surface area contributed by atoms with Crippen molar-refractivity contribution in [1.29, 1.82) is 0 Å². The number of carbonyl (C=O) groups is 1. The first-order chi connectivity index (χ1) is 4.84. The van der Waals surface area contributed by atoms with Crippen LogP contribution < -0.4 is 0 Å². The number of ketones is 1. The molecule has 0 N–H and O–H groups in total. The molecular weight excluding hydrogens is 124 g/mol. The third-order valence-electron chi connectivity index (χ3n) is 3.05. The van der Waals surface area contributed by atoms with Crippen LogP contribution in [0.1, 0.15) is 32.6 Å². The minimum absolute atomic E-state index is 0.528. The Bertz CT molecular complexity index is 162. The Morgan fingerprint density at radius 3 is 2.90 bits per heavy atom. The largest absolute Gasteiger partial charge is 0.299 e. The van der Waals surface area contributed by atoms with Crippen LogP contribution in [0, 0.1) is 17.8 Å². The molecule has 2 rings (SSSR count). The second-order valence-corrected chi connectivity index (χ2v) is 3.65. The molecule has 2 aliphatic carbocycles. The van der Waals surface area contributed by atoms with Crippen LogP contribution in [0.3, 0.4) is 0 Å². The van der Waals surface area contributed by atoms with Crippen molar-refractivity contribution < 1.29 is 4.79 Å². The zero-order valence-corrected chi connectivity index (χ0v) is 6.47. The van der Waals surface area contributed by atoms with E-state index in [2.05, 4.69) is 6.92 Å². The van der Waals surface area contributed by atoms with Crippen LogP contribution in [0.2, 0.25) is 0 Å². The fraction of sp³-hybridized carbons (Fsp3) is 0.889. The summed E-state index contributed by atoms with van der Waals surface area (Å²) in [6, 6.07) is 0. The summed E-state index contributed by atoms with van der Waals surface area (Å²) in [7, 11) is 0. The van der Waals surface area contributed by atoms with E-state index < -0.39 is 0 Å². The quantitative estimate of drug-likeness (QED) is 0.570. The van der Waals surface area contributed by atoms with E-state index >= 15 is 0 Å². The van der Waals surface area contributed by atoms with E-state index in [1.165, 1.54) is 19.3 Å². The van der Waals surface area contributed by atoms with Crippen LogP contribution in [0.15, 0.2) is 0 Å². The van der Waals surface area contributed by atoms with Gasteiger partial charge in [-0.3, -0.25) is 4.79 Å². The minimum Gasteiger partial charge on any atom is -0.299 e. The fourth-order valence-corrected chi connectivity index (χ4v) is 2.52. The minimum atomic E-state index is 0.528. The van der Waals surface area contributed by atoms with Gasteiger partial charge in [0.2, 0.25) is 0 Å². The molecule has 0 aromatic rings. The second kappa shape index (κ2) is 2.08. The summed E-state index contributed by atoms with van der Waals surface area (Å²) in [5.74, 6) is 2.72. The standard InChI is InChI=1S/C9H14O/c1-2-3-6-7-4-5-8(10)9(6)7/h6-7,9H,2-5H2,1H3/t6-,7-,9+/m0/s1. The van der Waals surface area contributed by atoms with Gasteiger partial charge in [-0.15, -0.1) is 0 Å². The Morgan fingerprint density at radius 2 is 2.40 bits per heavy atom. The lowest BCUT2D eigenvalue weighted by Crippen LogP contribution is -1.98. The average Bonchev–Trinajstić information content (AvgIpc) is 2.45. The highest BCUT2D eigenvalue weighted by molar-refractivity contribution is 5.87. The van der Waals surface area contributed by atoms with Crippen molar-refractivity contribution in [2.75, 3.05) is 0 Å². The van der Waals surface area contributed by atoms with Gasteiger partial charge in [-0.1, -0.05) is 13.3 Å². The predicted molar refractivity (Wildman–Crippen MR) is 39.6 cm³/mol. The van der Waals surface area contributed by atoms with Crippen LogP contribution in [-0.4, -0.2) is 5.78 Å².